The van der Waals surface area contributed by atoms with Gasteiger partial charge in [-0.2, -0.15) is 4.31 Å². The van der Waals surface area contributed by atoms with Gasteiger partial charge in [0.1, 0.15) is 4.21 Å². The van der Waals surface area contributed by atoms with Crippen molar-refractivity contribution in [2.45, 2.75) is 17.2 Å². The Bertz CT molecular complexity index is 477. The second kappa shape index (κ2) is 5.99. The van der Waals surface area contributed by atoms with Crippen molar-refractivity contribution in [2.75, 3.05) is 19.6 Å². The molecule has 4 nitrogen and oxygen atoms in total. The molecule has 1 aromatic heterocycles. The van der Waals surface area contributed by atoms with E-state index in [0.29, 0.717) is 28.3 Å². The molecule has 1 aliphatic rings. The lowest BCUT2D eigenvalue weighted by Crippen LogP contribution is -2.51. The highest BCUT2D eigenvalue weighted by molar-refractivity contribution is 9.10. The molecule has 17 heavy (non-hydrogen) atoms. The normalized spacial score (nSPS) is 22.1. The molecule has 1 saturated heterocycles. The Morgan fingerprint density at radius 2 is 2.29 bits per heavy atom. The third kappa shape index (κ3) is 3.02. The lowest BCUT2D eigenvalue weighted by Gasteiger charge is -2.32. The van der Waals surface area contributed by atoms with E-state index < -0.39 is 10.0 Å². The molecule has 0 spiro atoms. The zero-order chi connectivity index (χ0) is 11.8. The first-order valence-electron chi connectivity index (χ1n) is 4.99. The number of hydrogen-bond acceptors (Lipinski definition) is 4. The monoisotopic (exact) mass is 360 g/mol. The maximum absolute atomic E-state index is 12.4. The van der Waals surface area contributed by atoms with Crippen molar-refractivity contribution in [3.05, 3.63) is 15.9 Å². The van der Waals surface area contributed by atoms with Gasteiger partial charge in [0.25, 0.3) is 10.0 Å². The van der Waals surface area contributed by atoms with Crippen molar-refractivity contribution < 1.29 is 8.42 Å². The number of thiophene rings is 1. The highest BCUT2D eigenvalue weighted by Gasteiger charge is 2.32. The van der Waals surface area contributed by atoms with Crippen molar-refractivity contribution in [3.8, 4) is 0 Å². The van der Waals surface area contributed by atoms with Crippen LogP contribution in [0.15, 0.2) is 20.1 Å². The third-order valence-electron chi connectivity index (χ3n) is 2.57. The molecule has 0 aromatic carbocycles. The first kappa shape index (κ1) is 15.4. The predicted molar refractivity (Wildman–Crippen MR) is 75.5 cm³/mol. The molecule has 1 aromatic rings. The molecule has 8 heteroatoms. The average Bonchev–Trinajstić information content (AvgIpc) is 2.65. The van der Waals surface area contributed by atoms with Crippen LogP contribution in [-0.2, 0) is 10.0 Å². The van der Waals surface area contributed by atoms with Gasteiger partial charge in [0.2, 0.25) is 0 Å². The van der Waals surface area contributed by atoms with E-state index in [9.17, 15) is 8.42 Å². The molecule has 98 valence electrons. The van der Waals surface area contributed by atoms with Gasteiger partial charge in [0.05, 0.1) is 0 Å². The smallest absolute Gasteiger partial charge is 0.254 e. The van der Waals surface area contributed by atoms with Gasteiger partial charge in [0, 0.05) is 30.1 Å². The SMILES string of the molecule is C[C@H]1CNCCN1S(=O)(=O)c1sccc1Br.Cl. The van der Waals surface area contributed by atoms with Crippen LogP contribution in [0.5, 0.6) is 0 Å². The van der Waals surface area contributed by atoms with Crippen molar-refractivity contribution in [1.82, 2.24) is 9.62 Å². The minimum absolute atomic E-state index is 0. The van der Waals surface area contributed by atoms with Crippen LogP contribution in [0.25, 0.3) is 0 Å². The Balaban J connectivity index is 0.00000144. The molecular formula is C9H14BrClN2O2S2. The number of nitrogens with zero attached hydrogens (tertiary/aromatic N) is 1. The number of piperazine rings is 1. The van der Waals surface area contributed by atoms with E-state index in [-0.39, 0.29) is 18.4 Å². The molecule has 2 heterocycles. The highest BCUT2D eigenvalue weighted by Crippen LogP contribution is 2.31. The van der Waals surface area contributed by atoms with Gasteiger partial charge in [-0.1, -0.05) is 0 Å². The topological polar surface area (TPSA) is 49.4 Å². The average molecular weight is 362 g/mol. The summed E-state index contributed by atoms with van der Waals surface area (Å²) in [4.78, 5) is 0. The van der Waals surface area contributed by atoms with Crippen molar-refractivity contribution in [2.24, 2.45) is 0 Å². The van der Waals surface area contributed by atoms with Crippen LogP contribution >= 0.6 is 39.7 Å². The van der Waals surface area contributed by atoms with Crippen LogP contribution in [0.1, 0.15) is 6.92 Å². The quantitative estimate of drug-likeness (QED) is 0.875. The van der Waals surface area contributed by atoms with E-state index in [2.05, 4.69) is 21.2 Å². The van der Waals surface area contributed by atoms with E-state index >= 15 is 0 Å². The van der Waals surface area contributed by atoms with Crippen LogP contribution in [0.4, 0.5) is 0 Å². The van der Waals surface area contributed by atoms with E-state index in [4.69, 9.17) is 0 Å². The molecule has 0 bridgehead atoms. The fourth-order valence-corrected chi connectivity index (χ4v) is 5.81. The predicted octanol–water partition coefficient (Wildman–Crippen LogP) is 1.91. The number of halogens is 2. The van der Waals surface area contributed by atoms with E-state index in [1.165, 1.54) is 11.3 Å². The molecule has 2 rings (SSSR count). The molecule has 1 atom stereocenters. The maximum atomic E-state index is 12.4. The van der Waals surface area contributed by atoms with Gasteiger partial charge >= 0.3 is 0 Å². The van der Waals surface area contributed by atoms with Crippen molar-refractivity contribution in [3.63, 3.8) is 0 Å². The molecule has 0 saturated carbocycles. The first-order chi connectivity index (χ1) is 7.53. The van der Waals surface area contributed by atoms with Gasteiger partial charge in [-0.05, 0) is 34.3 Å². The summed E-state index contributed by atoms with van der Waals surface area (Å²) in [5.41, 5.74) is 0. The minimum Gasteiger partial charge on any atom is -0.314 e. The molecule has 1 fully saturated rings. The third-order valence-corrected chi connectivity index (χ3v) is 7.23. The standard InChI is InChI=1S/C9H13BrN2O2S2.ClH/c1-7-6-11-3-4-12(7)16(13,14)9-8(10)2-5-15-9;/h2,5,7,11H,3-4,6H2,1H3;1H/t7-;/m0./s1. The molecule has 0 unspecified atom stereocenters. The summed E-state index contributed by atoms with van der Waals surface area (Å²) < 4.78 is 27.3. The molecule has 1 N–H and O–H groups in total. The largest absolute Gasteiger partial charge is 0.314 e. The molecular weight excluding hydrogens is 348 g/mol. The number of nitrogens with one attached hydrogen (secondary N) is 1. The number of hydrogen-bond donors (Lipinski definition) is 1. The zero-order valence-corrected chi connectivity index (χ0v) is 13.3. The fraction of sp³-hybridized carbons (Fsp3) is 0.556. The summed E-state index contributed by atoms with van der Waals surface area (Å²) in [7, 11) is -3.33. The van der Waals surface area contributed by atoms with Crippen LogP contribution in [0.3, 0.4) is 0 Å². The summed E-state index contributed by atoms with van der Waals surface area (Å²) in [6, 6.07) is 1.78. The van der Waals surface area contributed by atoms with Crippen LogP contribution in [0, 0.1) is 0 Å². The summed E-state index contributed by atoms with van der Waals surface area (Å²) in [5.74, 6) is 0. The van der Waals surface area contributed by atoms with Gasteiger partial charge in [0.15, 0.2) is 0 Å². The Morgan fingerprint density at radius 1 is 1.59 bits per heavy atom. The number of rotatable bonds is 2. The van der Waals surface area contributed by atoms with E-state index in [1.807, 2.05) is 6.92 Å². The summed E-state index contributed by atoms with van der Waals surface area (Å²) in [5, 5.41) is 4.96. The fourth-order valence-electron chi connectivity index (χ4n) is 1.75. The Hall–Kier alpha value is 0.340. The van der Waals surface area contributed by atoms with Gasteiger partial charge in [-0.15, -0.1) is 23.7 Å². The van der Waals surface area contributed by atoms with Crippen LogP contribution in [0.2, 0.25) is 0 Å². The Labute approximate surface area is 120 Å². The molecule has 1 aliphatic heterocycles. The van der Waals surface area contributed by atoms with Crippen molar-refractivity contribution in [1.29, 1.82) is 0 Å². The van der Waals surface area contributed by atoms with Gasteiger partial charge in [-0.3, -0.25) is 0 Å². The van der Waals surface area contributed by atoms with Crippen LogP contribution < -0.4 is 5.32 Å². The lowest BCUT2D eigenvalue weighted by molar-refractivity contribution is 0.284. The molecule has 0 radical (unpaired) electrons. The zero-order valence-electron chi connectivity index (χ0n) is 9.22. The minimum atomic E-state index is -3.33. The van der Waals surface area contributed by atoms with E-state index in [1.54, 1.807) is 15.8 Å². The highest BCUT2D eigenvalue weighted by atomic mass is 79.9. The van der Waals surface area contributed by atoms with E-state index in [0.717, 1.165) is 0 Å². The Kier molecular flexibility index (Phi) is 5.42. The second-order valence-corrected chi connectivity index (χ2v) is 7.58. The maximum Gasteiger partial charge on any atom is 0.254 e. The number of sulfonamides is 1. The summed E-state index contributed by atoms with van der Waals surface area (Å²) in [6.07, 6.45) is 0. The second-order valence-electron chi connectivity index (χ2n) is 3.72. The first-order valence-corrected chi connectivity index (χ1v) is 8.10. The lowest BCUT2D eigenvalue weighted by atomic mass is 10.3. The Morgan fingerprint density at radius 3 is 2.82 bits per heavy atom. The van der Waals surface area contributed by atoms with Crippen molar-refractivity contribution >= 4 is 49.7 Å². The van der Waals surface area contributed by atoms with Gasteiger partial charge in [-0.25, -0.2) is 8.42 Å². The summed E-state index contributed by atoms with van der Waals surface area (Å²) >= 11 is 4.53. The molecule has 0 aliphatic carbocycles. The van der Waals surface area contributed by atoms with Gasteiger partial charge < -0.3 is 5.32 Å². The summed E-state index contributed by atoms with van der Waals surface area (Å²) in [6.45, 7) is 3.88. The molecule has 0 amide bonds. The van der Waals surface area contributed by atoms with Crippen LogP contribution in [-0.4, -0.2) is 38.4 Å².